The van der Waals surface area contributed by atoms with Crippen molar-refractivity contribution >= 4 is 6.41 Å². The summed E-state index contributed by atoms with van der Waals surface area (Å²) in [6.07, 6.45) is 3.01. The Bertz CT molecular complexity index is 154. The van der Waals surface area contributed by atoms with E-state index in [1.165, 1.54) is 0 Å². The molecule has 10 heavy (non-hydrogen) atoms. The maximum Gasteiger partial charge on any atom is 0.312 e. The van der Waals surface area contributed by atoms with Gasteiger partial charge in [-0.05, 0) is 6.42 Å². The summed E-state index contributed by atoms with van der Waals surface area (Å²) in [6, 6.07) is 0. The number of likely N-dealkylation sites (tertiary alicyclic amines) is 1. The van der Waals surface area contributed by atoms with Crippen LogP contribution in [0.2, 0.25) is 0 Å². The third-order valence-corrected chi connectivity index (χ3v) is 2.38. The molecule has 0 atom stereocenters. The minimum Gasteiger partial charge on any atom is -0.380 e. The summed E-state index contributed by atoms with van der Waals surface area (Å²) < 4.78 is 5.10. The second kappa shape index (κ2) is 1.95. The molecule has 3 heteroatoms. The van der Waals surface area contributed by atoms with E-state index in [0.717, 1.165) is 32.7 Å². The molecular formula is C7H10NO2. The molecule has 55 valence electrons. The third kappa shape index (κ3) is 0.736. The van der Waals surface area contributed by atoms with E-state index in [2.05, 4.69) is 0 Å². The van der Waals surface area contributed by atoms with Crippen LogP contribution in [0.15, 0.2) is 0 Å². The largest absolute Gasteiger partial charge is 0.380 e. The molecule has 0 aliphatic carbocycles. The van der Waals surface area contributed by atoms with Crippen LogP contribution in [0, 0.1) is 5.41 Å². The Kier molecular flexibility index (Phi) is 1.20. The summed E-state index contributed by atoms with van der Waals surface area (Å²) in [4.78, 5) is 11.9. The Morgan fingerprint density at radius 1 is 1.50 bits per heavy atom. The van der Waals surface area contributed by atoms with Gasteiger partial charge in [0, 0.05) is 18.5 Å². The van der Waals surface area contributed by atoms with Crippen molar-refractivity contribution in [2.75, 3.05) is 26.3 Å². The van der Waals surface area contributed by atoms with Crippen molar-refractivity contribution in [3.8, 4) is 0 Å². The first kappa shape index (κ1) is 6.16. The van der Waals surface area contributed by atoms with Crippen molar-refractivity contribution in [2.24, 2.45) is 5.41 Å². The predicted octanol–water partition coefficient (Wildman–Crippen LogP) is -0.224. The van der Waals surface area contributed by atoms with Gasteiger partial charge in [0.2, 0.25) is 0 Å². The number of nitrogens with zero attached hydrogens (tertiary/aromatic N) is 1. The zero-order valence-electron chi connectivity index (χ0n) is 5.80. The highest BCUT2D eigenvalue weighted by Crippen LogP contribution is 2.36. The van der Waals surface area contributed by atoms with E-state index in [1.807, 2.05) is 6.41 Å². The van der Waals surface area contributed by atoms with E-state index in [4.69, 9.17) is 4.74 Å². The number of hydrogen-bond donors (Lipinski definition) is 0. The molecule has 0 bridgehead atoms. The Morgan fingerprint density at radius 2 is 2.30 bits per heavy atom. The molecule has 2 saturated heterocycles. The lowest BCUT2D eigenvalue weighted by Gasteiger charge is -2.37. The van der Waals surface area contributed by atoms with Crippen molar-refractivity contribution in [1.82, 2.24) is 4.90 Å². The fourth-order valence-corrected chi connectivity index (χ4v) is 1.64. The molecule has 0 aromatic heterocycles. The average molecular weight is 140 g/mol. The molecule has 2 rings (SSSR count). The highest BCUT2D eigenvalue weighted by molar-refractivity contribution is 5.49. The van der Waals surface area contributed by atoms with Crippen molar-refractivity contribution < 1.29 is 9.53 Å². The maximum atomic E-state index is 10.2. The topological polar surface area (TPSA) is 29.5 Å². The number of hydrogen-bond acceptors (Lipinski definition) is 2. The lowest BCUT2D eigenvalue weighted by atomic mass is 9.85. The van der Waals surface area contributed by atoms with Crippen LogP contribution >= 0.6 is 0 Å². The Labute approximate surface area is 60.0 Å². The third-order valence-electron chi connectivity index (χ3n) is 2.38. The van der Waals surface area contributed by atoms with Crippen LogP contribution in [-0.4, -0.2) is 37.6 Å². The molecule has 2 aliphatic heterocycles. The van der Waals surface area contributed by atoms with E-state index in [9.17, 15) is 4.79 Å². The number of ether oxygens (including phenoxy) is 1. The first-order valence-electron chi connectivity index (χ1n) is 3.55. The molecule has 1 spiro atoms. The zero-order valence-corrected chi connectivity index (χ0v) is 5.80. The molecule has 2 fully saturated rings. The van der Waals surface area contributed by atoms with Crippen LogP contribution in [0.25, 0.3) is 0 Å². The van der Waals surface area contributed by atoms with Crippen LogP contribution in [0.5, 0.6) is 0 Å². The summed E-state index contributed by atoms with van der Waals surface area (Å²) in [7, 11) is 0. The fourth-order valence-electron chi connectivity index (χ4n) is 1.64. The summed E-state index contributed by atoms with van der Waals surface area (Å²) in [5.74, 6) is 0. The average Bonchev–Trinajstić information content (AvgIpc) is 2.29. The molecule has 0 aromatic rings. The van der Waals surface area contributed by atoms with Gasteiger partial charge >= 0.3 is 6.41 Å². The highest BCUT2D eigenvalue weighted by atomic mass is 16.5. The molecule has 2 aliphatic rings. The first-order valence-corrected chi connectivity index (χ1v) is 3.55. The van der Waals surface area contributed by atoms with Gasteiger partial charge in [0.1, 0.15) is 0 Å². The van der Waals surface area contributed by atoms with Crippen LogP contribution in [0.4, 0.5) is 0 Å². The SMILES string of the molecule is O=[C]N1CCC2(COC2)C1. The Hall–Kier alpha value is -0.570. The summed E-state index contributed by atoms with van der Waals surface area (Å²) in [5.41, 5.74) is 0.331. The van der Waals surface area contributed by atoms with Gasteiger partial charge in [0.25, 0.3) is 0 Å². The van der Waals surface area contributed by atoms with Gasteiger partial charge in [0.15, 0.2) is 0 Å². The molecular weight excluding hydrogens is 130 g/mol. The zero-order chi connectivity index (χ0) is 7.03. The minimum absolute atomic E-state index is 0.331. The molecule has 0 saturated carbocycles. The molecule has 3 nitrogen and oxygen atoms in total. The summed E-state index contributed by atoms with van der Waals surface area (Å²) >= 11 is 0. The van der Waals surface area contributed by atoms with E-state index in [1.54, 1.807) is 4.90 Å². The predicted molar refractivity (Wildman–Crippen MR) is 35.1 cm³/mol. The molecule has 0 N–H and O–H groups in total. The fraction of sp³-hybridized carbons (Fsp3) is 0.857. The van der Waals surface area contributed by atoms with Gasteiger partial charge in [-0.15, -0.1) is 0 Å². The standard InChI is InChI=1S/C7H10NO2/c9-6-8-2-1-7(3-8)4-10-5-7/h1-5H2. The minimum atomic E-state index is 0.331. The number of carbonyl (C=O) groups excluding carboxylic acids is 1. The maximum absolute atomic E-state index is 10.2. The summed E-state index contributed by atoms with van der Waals surface area (Å²) in [5, 5.41) is 0. The smallest absolute Gasteiger partial charge is 0.312 e. The van der Waals surface area contributed by atoms with Gasteiger partial charge in [-0.3, -0.25) is 4.79 Å². The van der Waals surface area contributed by atoms with Crippen LogP contribution in [0.1, 0.15) is 6.42 Å². The normalized spacial score (nSPS) is 28.6. The van der Waals surface area contributed by atoms with E-state index >= 15 is 0 Å². The van der Waals surface area contributed by atoms with Crippen LogP contribution in [-0.2, 0) is 9.53 Å². The second-order valence-corrected chi connectivity index (χ2v) is 3.26. The molecule has 2 heterocycles. The summed E-state index contributed by atoms with van der Waals surface area (Å²) in [6.45, 7) is 3.40. The lowest BCUT2D eigenvalue weighted by Crippen LogP contribution is -2.44. The highest BCUT2D eigenvalue weighted by Gasteiger charge is 2.44. The monoisotopic (exact) mass is 140 g/mol. The van der Waals surface area contributed by atoms with E-state index in [-0.39, 0.29) is 0 Å². The number of amides is 1. The molecule has 0 aromatic carbocycles. The van der Waals surface area contributed by atoms with Gasteiger partial charge in [0.05, 0.1) is 13.2 Å². The first-order chi connectivity index (χ1) is 4.85. The second-order valence-electron chi connectivity index (χ2n) is 3.26. The molecule has 1 amide bonds. The van der Waals surface area contributed by atoms with Crippen molar-refractivity contribution in [1.29, 1.82) is 0 Å². The van der Waals surface area contributed by atoms with E-state index in [0.29, 0.717) is 5.41 Å². The van der Waals surface area contributed by atoms with Gasteiger partial charge in [-0.25, -0.2) is 0 Å². The van der Waals surface area contributed by atoms with Crippen LogP contribution < -0.4 is 0 Å². The van der Waals surface area contributed by atoms with E-state index < -0.39 is 0 Å². The molecule has 0 unspecified atom stereocenters. The van der Waals surface area contributed by atoms with Crippen molar-refractivity contribution in [2.45, 2.75) is 6.42 Å². The Morgan fingerprint density at radius 3 is 2.60 bits per heavy atom. The molecule has 1 radical (unpaired) electrons. The lowest BCUT2D eigenvalue weighted by molar-refractivity contribution is -0.102. The van der Waals surface area contributed by atoms with Gasteiger partial charge in [-0.2, -0.15) is 0 Å². The van der Waals surface area contributed by atoms with Crippen LogP contribution in [0.3, 0.4) is 0 Å². The van der Waals surface area contributed by atoms with Gasteiger partial charge < -0.3 is 9.64 Å². The number of rotatable bonds is 1. The van der Waals surface area contributed by atoms with Crippen molar-refractivity contribution in [3.05, 3.63) is 0 Å². The Balaban J connectivity index is 1.98. The van der Waals surface area contributed by atoms with Crippen molar-refractivity contribution in [3.63, 3.8) is 0 Å². The quantitative estimate of drug-likeness (QED) is 0.503. The van der Waals surface area contributed by atoms with Gasteiger partial charge in [-0.1, -0.05) is 0 Å².